The van der Waals surface area contributed by atoms with Gasteiger partial charge in [-0.05, 0) is 79.7 Å². The quantitative estimate of drug-likeness (QED) is 0.320. The molecule has 2 aliphatic carbocycles. The summed E-state index contributed by atoms with van der Waals surface area (Å²) in [5.41, 5.74) is 5.99. The smallest absolute Gasteiger partial charge is 0.335 e. The van der Waals surface area contributed by atoms with Crippen LogP contribution < -0.4 is 10.6 Å². The molecule has 1 aliphatic heterocycles. The lowest BCUT2D eigenvalue weighted by molar-refractivity contribution is -0.155. The first-order chi connectivity index (χ1) is 21.5. The monoisotopic (exact) mass is 610 g/mol. The number of benzene rings is 2. The molecule has 6 rings (SSSR count). The van der Waals surface area contributed by atoms with Gasteiger partial charge in [0.2, 0.25) is 11.6 Å². The lowest BCUT2D eigenvalue weighted by Crippen LogP contribution is -2.70. The van der Waals surface area contributed by atoms with Gasteiger partial charge in [0.05, 0.1) is 17.6 Å². The Hall–Kier alpha value is -4.81. The molecule has 3 atom stereocenters. The number of ketones is 2. The lowest BCUT2D eigenvalue weighted by atomic mass is 9.79. The number of nitrogens with one attached hydrogen (secondary N) is 2. The number of rotatable bonds is 8. The van der Waals surface area contributed by atoms with Crippen LogP contribution in [0.25, 0.3) is 0 Å². The van der Waals surface area contributed by atoms with Gasteiger partial charge in [-0.2, -0.15) is 0 Å². The molecule has 3 N–H and O–H groups in total. The van der Waals surface area contributed by atoms with E-state index in [1.165, 1.54) is 18.0 Å². The third kappa shape index (κ3) is 5.62. The van der Waals surface area contributed by atoms with Crippen molar-refractivity contribution in [2.75, 3.05) is 20.6 Å². The SMILES string of the molecule is Cc1c(C(=O)O)ccc2c1CC[C@@H]2NC(=O)c1cc(C(=O)NCc2ccc3c(c2)CN(C2C(=O)C(=O)C2N(C)C)CC3)ncn1. The zero-order valence-corrected chi connectivity index (χ0v) is 25.3. The molecule has 12 nitrogen and oxygen atoms in total. The van der Waals surface area contributed by atoms with Crippen molar-refractivity contribution in [1.29, 1.82) is 0 Å². The van der Waals surface area contributed by atoms with E-state index in [1.54, 1.807) is 24.0 Å². The highest BCUT2D eigenvalue weighted by Gasteiger charge is 2.53. The maximum absolute atomic E-state index is 13.1. The summed E-state index contributed by atoms with van der Waals surface area (Å²) in [6.45, 7) is 3.25. The highest BCUT2D eigenvalue weighted by atomic mass is 16.4. The van der Waals surface area contributed by atoms with Crippen molar-refractivity contribution in [3.05, 3.63) is 93.1 Å². The minimum absolute atomic E-state index is 0.0518. The number of carboxylic acids is 1. The second-order valence-corrected chi connectivity index (χ2v) is 12.1. The average molecular weight is 611 g/mol. The second-order valence-electron chi connectivity index (χ2n) is 12.1. The van der Waals surface area contributed by atoms with E-state index >= 15 is 0 Å². The van der Waals surface area contributed by atoms with Crippen LogP contribution in [-0.4, -0.2) is 86.9 Å². The van der Waals surface area contributed by atoms with Gasteiger partial charge in [0, 0.05) is 25.7 Å². The predicted molar refractivity (Wildman–Crippen MR) is 162 cm³/mol. The molecule has 3 aromatic rings. The summed E-state index contributed by atoms with van der Waals surface area (Å²) >= 11 is 0. The van der Waals surface area contributed by atoms with Crippen LogP contribution in [0.4, 0.5) is 0 Å². The minimum Gasteiger partial charge on any atom is -0.478 e. The van der Waals surface area contributed by atoms with E-state index in [-0.39, 0.29) is 41.1 Å². The molecular formula is C33H34N6O6. The van der Waals surface area contributed by atoms with Gasteiger partial charge in [0.1, 0.15) is 23.8 Å². The Bertz CT molecular complexity index is 1750. The van der Waals surface area contributed by atoms with Crippen molar-refractivity contribution in [3.8, 4) is 0 Å². The summed E-state index contributed by atoms with van der Waals surface area (Å²) in [5.74, 6) is -2.57. The van der Waals surface area contributed by atoms with Crippen molar-refractivity contribution in [1.82, 2.24) is 30.4 Å². The first kappa shape index (κ1) is 30.2. The highest BCUT2D eigenvalue weighted by Crippen LogP contribution is 2.35. The topological polar surface area (TPSA) is 162 Å². The molecule has 2 aromatic carbocycles. The Morgan fingerprint density at radius 3 is 2.47 bits per heavy atom. The Morgan fingerprint density at radius 2 is 1.73 bits per heavy atom. The molecule has 0 bridgehead atoms. The van der Waals surface area contributed by atoms with Crippen LogP contribution >= 0.6 is 0 Å². The van der Waals surface area contributed by atoms with Gasteiger partial charge in [-0.25, -0.2) is 14.8 Å². The van der Waals surface area contributed by atoms with Crippen LogP contribution in [0.5, 0.6) is 0 Å². The fourth-order valence-electron chi connectivity index (χ4n) is 6.72. The van der Waals surface area contributed by atoms with Crippen LogP contribution in [-0.2, 0) is 35.5 Å². The van der Waals surface area contributed by atoms with E-state index in [4.69, 9.17) is 0 Å². The van der Waals surface area contributed by atoms with Crippen molar-refractivity contribution in [3.63, 3.8) is 0 Å². The number of carboxylic acid groups (broad SMARTS) is 1. The Balaban J connectivity index is 1.08. The number of carbonyl (C=O) groups excluding carboxylic acids is 4. The summed E-state index contributed by atoms with van der Waals surface area (Å²) in [6, 6.07) is 9.49. The molecule has 2 heterocycles. The maximum atomic E-state index is 13.1. The molecule has 45 heavy (non-hydrogen) atoms. The number of aromatic carboxylic acids is 1. The van der Waals surface area contributed by atoms with Crippen LogP contribution in [0, 0.1) is 6.92 Å². The van der Waals surface area contributed by atoms with Gasteiger partial charge in [0.25, 0.3) is 11.8 Å². The highest BCUT2D eigenvalue weighted by molar-refractivity contribution is 6.48. The number of amides is 2. The van der Waals surface area contributed by atoms with Crippen molar-refractivity contribution >= 4 is 29.4 Å². The third-order valence-corrected chi connectivity index (χ3v) is 9.16. The Kier molecular flexibility index (Phi) is 8.02. The molecule has 0 spiro atoms. The summed E-state index contributed by atoms with van der Waals surface area (Å²) in [7, 11) is 3.62. The van der Waals surface area contributed by atoms with E-state index in [9.17, 15) is 29.1 Å². The molecule has 2 amide bonds. The van der Waals surface area contributed by atoms with Gasteiger partial charge in [-0.15, -0.1) is 0 Å². The summed E-state index contributed by atoms with van der Waals surface area (Å²) in [5, 5.41) is 15.2. The minimum atomic E-state index is -0.980. The zero-order chi connectivity index (χ0) is 32.0. The Morgan fingerprint density at radius 1 is 0.978 bits per heavy atom. The number of aromatic nitrogens is 2. The van der Waals surface area contributed by atoms with Crippen molar-refractivity contribution < 1.29 is 29.1 Å². The molecule has 1 saturated carbocycles. The van der Waals surface area contributed by atoms with E-state index < -0.39 is 29.9 Å². The maximum Gasteiger partial charge on any atom is 0.335 e. The largest absolute Gasteiger partial charge is 0.478 e. The van der Waals surface area contributed by atoms with Crippen LogP contribution in [0.1, 0.15) is 77.2 Å². The predicted octanol–water partition coefficient (Wildman–Crippen LogP) is 1.64. The molecule has 12 heteroatoms. The number of carbonyl (C=O) groups is 5. The molecule has 0 saturated heterocycles. The first-order valence-electron chi connectivity index (χ1n) is 14.9. The van der Waals surface area contributed by atoms with Gasteiger partial charge in [-0.1, -0.05) is 24.3 Å². The Labute approximate surface area is 259 Å². The standard InChI is InChI=1S/C33H34N6O6/c1-17-21-8-9-24(23(21)7-6-22(17)33(44)45)37-32(43)26-13-25(35-16-36-26)31(42)34-14-18-4-5-19-10-11-39(15-20(19)12-18)28-27(38(2)3)29(40)30(28)41/h4-7,12-13,16,24,27-28H,8-11,14-15H2,1-3H3,(H,34,42)(H,37,43)(H,44,45)/t24-,27?,28?/m0/s1. The van der Waals surface area contributed by atoms with Crippen LogP contribution in [0.15, 0.2) is 42.7 Å². The van der Waals surface area contributed by atoms with E-state index in [1.807, 2.05) is 32.3 Å². The summed E-state index contributed by atoms with van der Waals surface area (Å²) in [4.78, 5) is 74.1. The number of hydrogen-bond donors (Lipinski definition) is 3. The second kappa shape index (κ2) is 11.9. The van der Waals surface area contributed by atoms with E-state index in [0.29, 0.717) is 31.5 Å². The van der Waals surface area contributed by atoms with Crippen LogP contribution in [0.2, 0.25) is 0 Å². The van der Waals surface area contributed by atoms with Crippen molar-refractivity contribution in [2.45, 2.75) is 57.4 Å². The van der Waals surface area contributed by atoms with Gasteiger partial charge in [0.15, 0.2) is 0 Å². The molecule has 1 aromatic heterocycles. The average Bonchev–Trinajstić information content (AvgIpc) is 3.44. The lowest BCUT2D eigenvalue weighted by Gasteiger charge is -2.45. The van der Waals surface area contributed by atoms with E-state index in [2.05, 4.69) is 25.5 Å². The van der Waals surface area contributed by atoms with Crippen molar-refractivity contribution in [2.24, 2.45) is 0 Å². The van der Waals surface area contributed by atoms with Gasteiger partial charge >= 0.3 is 5.97 Å². The molecule has 232 valence electrons. The summed E-state index contributed by atoms with van der Waals surface area (Å²) in [6.07, 6.45) is 3.23. The summed E-state index contributed by atoms with van der Waals surface area (Å²) < 4.78 is 0. The van der Waals surface area contributed by atoms with Gasteiger partial charge < -0.3 is 15.7 Å². The molecule has 3 aliphatic rings. The first-order valence-corrected chi connectivity index (χ1v) is 14.9. The number of hydrogen-bond acceptors (Lipinski definition) is 9. The number of fused-ring (bicyclic) bond motifs is 2. The van der Waals surface area contributed by atoms with Gasteiger partial charge in [-0.3, -0.25) is 29.0 Å². The fourth-order valence-corrected chi connectivity index (χ4v) is 6.72. The molecular weight excluding hydrogens is 576 g/mol. The molecule has 0 radical (unpaired) electrons. The normalized spacial score (nSPS) is 20.8. The zero-order valence-electron chi connectivity index (χ0n) is 25.3. The molecule has 1 fully saturated rings. The number of nitrogens with zero attached hydrogens (tertiary/aromatic N) is 4. The number of Topliss-reactive ketones (excluding diaryl/α,β-unsaturated/α-hetero) is 2. The van der Waals surface area contributed by atoms with Crippen LogP contribution in [0.3, 0.4) is 0 Å². The van der Waals surface area contributed by atoms with E-state index in [0.717, 1.165) is 28.7 Å². The molecule has 2 unspecified atom stereocenters. The third-order valence-electron chi connectivity index (χ3n) is 9.16. The fraction of sp³-hybridized carbons (Fsp3) is 0.364. The number of likely N-dealkylation sites (N-methyl/N-ethyl adjacent to an activating group) is 1.